The fraction of sp³-hybridized carbons (Fsp3) is 0.588. The second kappa shape index (κ2) is 6.57. The van der Waals surface area contributed by atoms with Crippen molar-refractivity contribution in [3.8, 4) is 5.75 Å². The zero-order valence-electron chi connectivity index (χ0n) is 14.1. The zero-order valence-corrected chi connectivity index (χ0v) is 14.1. The first-order valence-corrected chi connectivity index (χ1v) is 7.61. The maximum atomic E-state index is 11.8. The van der Waals surface area contributed by atoms with Crippen LogP contribution in [0.3, 0.4) is 0 Å². The van der Waals surface area contributed by atoms with Gasteiger partial charge in [-0.3, -0.25) is 0 Å². The van der Waals surface area contributed by atoms with Gasteiger partial charge in [0.25, 0.3) is 0 Å². The van der Waals surface area contributed by atoms with Crippen LogP contribution in [0.4, 0.5) is 4.79 Å². The molecule has 0 radical (unpaired) electrons. The number of benzene rings is 1. The van der Waals surface area contributed by atoms with Crippen LogP contribution in [0.25, 0.3) is 0 Å². The van der Waals surface area contributed by atoms with E-state index in [4.69, 9.17) is 9.47 Å². The Balaban J connectivity index is 1.77. The average molecular weight is 306 g/mol. The highest BCUT2D eigenvalue weighted by Gasteiger charge is 2.35. The number of likely N-dealkylation sites (tertiary alicyclic amines) is 1. The molecule has 1 fully saturated rings. The molecule has 1 aromatic rings. The standard InChI is InChI=1S/C17H26N2O3/c1-17(2,3)22-16(20)19-11-15(12-19)21-14-8-6-13(7-9-14)10-18(4)5/h6-9,15H,10-12H2,1-5H3. The van der Waals surface area contributed by atoms with E-state index in [-0.39, 0.29) is 12.2 Å². The third kappa shape index (κ3) is 4.91. The minimum atomic E-state index is -0.453. The molecule has 5 heteroatoms. The molecule has 0 saturated carbocycles. The van der Waals surface area contributed by atoms with Gasteiger partial charge in [0.1, 0.15) is 17.5 Å². The predicted molar refractivity (Wildman–Crippen MR) is 86.1 cm³/mol. The molecule has 0 aliphatic carbocycles. The van der Waals surface area contributed by atoms with Crippen molar-refractivity contribution in [3.05, 3.63) is 29.8 Å². The largest absolute Gasteiger partial charge is 0.487 e. The number of hydrogen-bond donors (Lipinski definition) is 0. The fourth-order valence-corrected chi connectivity index (χ4v) is 2.22. The van der Waals surface area contributed by atoms with Gasteiger partial charge in [-0.15, -0.1) is 0 Å². The topological polar surface area (TPSA) is 42.0 Å². The molecule has 2 rings (SSSR count). The molecule has 0 N–H and O–H groups in total. The van der Waals surface area contributed by atoms with Crippen LogP contribution in [-0.2, 0) is 11.3 Å². The van der Waals surface area contributed by atoms with E-state index in [1.807, 2.05) is 47.0 Å². The van der Waals surface area contributed by atoms with Gasteiger partial charge in [0.15, 0.2) is 0 Å². The van der Waals surface area contributed by atoms with Gasteiger partial charge in [0.2, 0.25) is 0 Å². The van der Waals surface area contributed by atoms with Gasteiger partial charge in [-0.05, 0) is 52.6 Å². The number of carbonyl (C=O) groups excluding carboxylic acids is 1. The molecule has 1 aliphatic rings. The Kier molecular flexibility index (Phi) is 4.96. The summed E-state index contributed by atoms with van der Waals surface area (Å²) < 4.78 is 11.2. The first-order chi connectivity index (χ1) is 10.2. The lowest BCUT2D eigenvalue weighted by molar-refractivity contribution is -0.0221. The molecule has 1 aromatic carbocycles. The summed E-state index contributed by atoms with van der Waals surface area (Å²) >= 11 is 0. The minimum Gasteiger partial charge on any atom is -0.487 e. The predicted octanol–water partition coefficient (Wildman–Crippen LogP) is 2.75. The lowest BCUT2D eigenvalue weighted by atomic mass is 10.1. The summed E-state index contributed by atoms with van der Waals surface area (Å²) in [7, 11) is 4.09. The highest BCUT2D eigenvalue weighted by molar-refractivity contribution is 5.69. The third-order valence-corrected chi connectivity index (χ3v) is 3.22. The van der Waals surface area contributed by atoms with Gasteiger partial charge in [0.05, 0.1) is 13.1 Å². The van der Waals surface area contributed by atoms with E-state index in [1.54, 1.807) is 4.90 Å². The first kappa shape index (κ1) is 16.6. The van der Waals surface area contributed by atoms with Gasteiger partial charge in [-0.2, -0.15) is 0 Å². The maximum absolute atomic E-state index is 11.8. The maximum Gasteiger partial charge on any atom is 0.410 e. The summed E-state index contributed by atoms with van der Waals surface area (Å²) in [4.78, 5) is 15.6. The molecule has 0 atom stereocenters. The number of nitrogens with zero attached hydrogens (tertiary/aromatic N) is 2. The van der Waals surface area contributed by atoms with Crippen LogP contribution >= 0.6 is 0 Å². The Bertz CT molecular complexity index is 500. The van der Waals surface area contributed by atoms with E-state index in [9.17, 15) is 4.79 Å². The van der Waals surface area contributed by atoms with Crippen LogP contribution < -0.4 is 4.74 Å². The van der Waals surface area contributed by atoms with E-state index in [0.717, 1.165) is 12.3 Å². The fourth-order valence-electron chi connectivity index (χ4n) is 2.22. The second-order valence-electron chi connectivity index (χ2n) is 7.01. The van der Waals surface area contributed by atoms with E-state index in [2.05, 4.69) is 17.0 Å². The molecular weight excluding hydrogens is 280 g/mol. The summed E-state index contributed by atoms with van der Waals surface area (Å²) in [6.45, 7) is 7.68. The van der Waals surface area contributed by atoms with Crippen LogP contribution in [0.5, 0.6) is 5.75 Å². The van der Waals surface area contributed by atoms with Crippen LogP contribution in [-0.4, -0.2) is 54.8 Å². The van der Waals surface area contributed by atoms with Crippen molar-refractivity contribution in [2.45, 2.75) is 39.0 Å². The molecule has 22 heavy (non-hydrogen) atoms. The lowest BCUT2D eigenvalue weighted by Crippen LogP contribution is -2.57. The SMILES string of the molecule is CN(C)Cc1ccc(OC2CN(C(=O)OC(C)(C)C)C2)cc1. The summed E-state index contributed by atoms with van der Waals surface area (Å²) in [5.41, 5.74) is 0.798. The Morgan fingerprint density at radius 1 is 1.23 bits per heavy atom. The van der Waals surface area contributed by atoms with Crippen molar-refractivity contribution in [2.24, 2.45) is 0 Å². The minimum absolute atomic E-state index is 0.0483. The van der Waals surface area contributed by atoms with E-state index < -0.39 is 5.60 Å². The number of rotatable bonds is 4. The molecule has 0 aromatic heterocycles. The number of carbonyl (C=O) groups is 1. The second-order valence-corrected chi connectivity index (χ2v) is 7.01. The van der Waals surface area contributed by atoms with Gasteiger partial charge >= 0.3 is 6.09 Å². The van der Waals surface area contributed by atoms with Crippen molar-refractivity contribution in [1.29, 1.82) is 0 Å². The molecule has 5 nitrogen and oxygen atoms in total. The molecule has 1 aliphatic heterocycles. The smallest absolute Gasteiger partial charge is 0.410 e. The van der Waals surface area contributed by atoms with Gasteiger partial charge in [-0.25, -0.2) is 4.79 Å². The van der Waals surface area contributed by atoms with Crippen molar-refractivity contribution in [3.63, 3.8) is 0 Å². The van der Waals surface area contributed by atoms with Gasteiger partial charge in [-0.1, -0.05) is 12.1 Å². The third-order valence-electron chi connectivity index (χ3n) is 3.22. The van der Waals surface area contributed by atoms with E-state index >= 15 is 0 Å². The van der Waals surface area contributed by atoms with E-state index in [0.29, 0.717) is 13.1 Å². The zero-order chi connectivity index (χ0) is 16.3. The summed E-state index contributed by atoms with van der Waals surface area (Å²) in [5, 5.41) is 0. The van der Waals surface area contributed by atoms with Gasteiger partial charge in [0, 0.05) is 6.54 Å². The molecule has 1 amide bonds. The highest BCUT2D eigenvalue weighted by Crippen LogP contribution is 2.21. The van der Waals surface area contributed by atoms with Crippen LogP contribution in [0.1, 0.15) is 26.3 Å². The van der Waals surface area contributed by atoms with Crippen LogP contribution in [0.2, 0.25) is 0 Å². The van der Waals surface area contributed by atoms with Gasteiger partial charge < -0.3 is 19.3 Å². The Labute approximate surface area is 132 Å². The quantitative estimate of drug-likeness (QED) is 0.858. The number of amides is 1. The normalized spacial score (nSPS) is 15.6. The molecule has 1 saturated heterocycles. The molecule has 1 heterocycles. The first-order valence-electron chi connectivity index (χ1n) is 7.61. The van der Waals surface area contributed by atoms with Crippen LogP contribution in [0.15, 0.2) is 24.3 Å². The molecule has 0 unspecified atom stereocenters. The number of hydrogen-bond acceptors (Lipinski definition) is 4. The monoisotopic (exact) mass is 306 g/mol. The Morgan fingerprint density at radius 2 is 1.82 bits per heavy atom. The summed E-state index contributed by atoms with van der Waals surface area (Å²) in [5.74, 6) is 0.844. The molecule has 0 spiro atoms. The molecule has 0 bridgehead atoms. The summed E-state index contributed by atoms with van der Waals surface area (Å²) in [6.07, 6.45) is -0.221. The van der Waals surface area contributed by atoms with Crippen molar-refractivity contribution in [2.75, 3.05) is 27.2 Å². The molecule has 122 valence electrons. The van der Waals surface area contributed by atoms with Crippen molar-refractivity contribution in [1.82, 2.24) is 9.80 Å². The molecular formula is C17H26N2O3. The van der Waals surface area contributed by atoms with Crippen molar-refractivity contribution < 1.29 is 14.3 Å². The highest BCUT2D eigenvalue weighted by atomic mass is 16.6. The lowest BCUT2D eigenvalue weighted by Gasteiger charge is -2.39. The Morgan fingerprint density at radius 3 is 2.32 bits per heavy atom. The van der Waals surface area contributed by atoms with E-state index in [1.165, 1.54) is 5.56 Å². The van der Waals surface area contributed by atoms with Crippen LogP contribution in [0, 0.1) is 0 Å². The summed E-state index contributed by atoms with van der Waals surface area (Å²) in [6, 6.07) is 8.10. The average Bonchev–Trinajstić information content (AvgIpc) is 2.32. The van der Waals surface area contributed by atoms with Crippen molar-refractivity contribution >= 4 is 6.09 Å². The Hall–Kier alpha value is -1.75. The number of ether oxygens (including phenoxy) is 2.